The topological polar surface area (TPSA) is 29.5 Å². The lowest BCUT2D eigenvalue weighted by Crippen LogP contribution is -1.90. The van der Waals surface area contributed by atoms with Crippen LogP contribution in [0.15, 0.2) is 30.4 Å². The molecule has 0 amide bonds. The summed E-state index contributed by atoms with van der Waals surface area (Å²) in [5.74, 6) is 1.03. The average molecular weight is 192 g/mol. The Morgan fingerprint density at radius 2 is 2.14 bits per heavy atom. The first-order valence-corrected chi connectivity index (χ1v) is 4.68. The van der Waals surface area contributed by atoms with Gasteiger partial charge in [0, 0.05) is 0 Å². The van der Waals surface area contributed by atoms with Crippen LogP contribution in [-0.2, 0) is 0 Å². The Bertz CT molecular complexity index is 329. The second-order valence-corrected chi connectivity index (χ2v) is 3.25. The summed E-state index contributed by atoms with van der Waals surface area (Å²) in [5, 5.41) is 9.56. The van der Waals surface area contributed by atoms with Crippen LogP contribution in [-0.4, -0.2) is 12.2 Å². The lowest BCUT2D eigenvalue weighted by molar-refractivity contribution is 0.373. The Balaban J connectivity index is 2.96. The normalized spacial score (nSPS) is 13.1. The number of benzene rings is 1. The minimum atomic E-state index is 0.196. The molecule has 0 saturated carbocycles. The third-order valence-electron chi connectivity index (χ3n) is 2.21. The molecule has 2 heteroatoms. The number of methoxy groups -OCH3 is 1. The Hall–Kier alpha value is -1.44. The van der Waals surface area contributed by atoms with Gasteiger partial charge in [-0.05, 0) is 30.5 Å². The fourth-order valence-electron chi connectivity index (χ4n) is 1.39. The van der Waals surface area contributed by atoms with Crippen molar-refractivity contribution in [3.63, 3.8) is 0 Å². The van der Waals surface area contributed by atoms with Gasteiger partial charge in [0.15, 0.2) is 11.5 Å². The maximum atomic E-state index is 9.56. The molecule has 76 valence electrons. The highest BCUT2D eigenvalue weighted by molar-refractivity contribution is 5.43. The molecule has 2 nitrogen and oxygen atoms in total. The van der Waals surface area contributed by atoms with E-state index in [1.54, 1.807) is 19.2 Å². The highest BCUT2D eigenvalue weighted by Crippen LogP contribution is 2.29. The van der Waals surface area contributed by atoms with Crippen molar-refractivity contribution in [3.8, 4) is 11.5 Å². The van der Waals surface area contributed by atoms with E-state index in [0.717, 1.165) is 5.56 Å². The summed E-state index contributed by atoms with van der Waals surface area (Å²) < 4.78 is 4.97. The van der Waals surface area contributed by atoms with E-state index in [4.69, 9.17) is 4.74 Å². The Morgan fingerprint density at radius 1 is 1.43 bits per heavy atom. The molecule has 0 aliphatic heterocycles. The quantitative estimate of drug-likeness (QED) is 0.746. The molecule has 0 heterocycles. The molecule has 0 saturated heterocycles. The van der Waals surface area contributed by atoms with E-state index in [1.807, 2.05) is 19.1 Å². The van der Waals surface area contributed by atoms with E-state index in [1.165, 1.54) is 0 Å². The van der Waals surface area contributed by atoms with Crippen molar-refractivity contribution >= 4 is 0 Å². The fourth-order valence-corrected chi connectivity index (χ4v) is 1.39. The summed E-state index contributed by atoms with van der Waals surface area (Å²) in [6, 6.07) is 5.48. The van der Waals surface area contributed by atoms with Crippen LogP contribution >= 0.6 is 0 Å². The van der Waals surface area contributed by atoms with Gasteiger partial charge in [-0.2, -0.15) is 0 Å². The number of rotatable bonds is 3. The van der Waals surface area contributed by atoms with Crippen LogP contribution in [0.4, 0.5) is 0 Å². The Labute approximate surface area is 84.8 Å². The lowest BCUT2D eigenvalue weighted by Gasteiger charge is -2.09. The van der Waals surface area contributed by atoms with Crippen molar-refractivity contribution < 1.29 is 9.84 Å². The number of hydrogen-bond acceptors (Lipinski definition) is 2. The van der Waals surface area contributed by atoms with E-state index >= 15 is 0 Å². The molecule has 0 aromatic heterocycles. The summed E-state index contributed by atoms with van der Waals surface area (Å²) in [6.45, 7) is 4.07. The van der Waals surface area contributed by atoms with E-state index < -0.39 is 0 Å². The summed E-state index contributed by atoms with van der Waals surface area (Å²) in [4.78, 5) is 0. The summed E-state index contributed by atoms with van der Waals surface area (Å²) in [7, 11) is 1.55. The first-order valence-electron chi connectivity index (χ1n) is 4.68. The highest BCUT2D eigenvalue weighted by atomic mass is 16.5. The van der Waals surface area contributed by atoms with Gasteiger partial charge in [0.2, 0.25) is 0 Å². The van der Waals surface area contributed by atoms with E-state index in [2.05, 4.69) is 13.0 Å². The average Bonchev–Trinajstić information content (AvgIpc) is 2.18. The zero-order valence-electron chi connectivity index (χ0n) is 8.82. The van der Waals surface area contributed by atoms with Crippen molar-refractivity contribution in [2.75, 3.05) is 7.11 Å². The van der Waals surface area contributed by atoms with Crippen molar-refractivity contribution in [2.24, 2.45) is 0 Å². The van der Waals surface area contributed by atoms with Crippen LogP contribution in [0.3, 0.4) is 0 Å². The third kappa shape index (κ3) is 2.28. The lowest BCUT2D eigenvalue weighted by atomic mass is 10.0. The van der Waals surface area contributed by atoms with Gasteiger partial charge in [-0.3, -0.25) is 0 Å². The van der Waals surface area contributed by atoms with Crippen LogP contribution in [0.1, 0.15) is 25.3 Å². The first kappa shape index (κ1) is 10.6. The van der Waals surface area contributed by atoms with E-state index in [9.17, 15) is 5.11 Å². The largest absolute Gasteiger partial charge is 0.504 e. The number of hydrogen-bond donors (Lipinski definition) is 1. The molecular formula is C12H16O2. The van der Waals surface area contributed by atoms with Crippen molar-refractivity contribution in [3.05, 3.63) is 35.9 Å². The molecule has 1 aromatic rings. The van der Waals surface area contributed by atoms with E-state index in [0.29, 0.717) is 11.7 Å². The second-order valence-electron chi connectivity index (χ2n) is 3.25. The molecule has 1 rings (SSSR count). The zero-order valence-corrected chi connectivity index (χ0v) is 8.82. The predicted octanol–water partition coefficient (Wildman–Crippen LogP) is 3.08. The molecule has 0 radical (unpaired) electrons. The number of allylic oxidation sites excluding steroid dienone is 2. The summed E-state index contributed by atoms with van der Waals surface area (Å²) in [6.07, 6.45) is 4.09. The van der Waals surface area contributed by atoms with Crippen LogP contribution in [0, 0.1) is 0 Å². The maximum Gasteiger partial charge on any atom is 0.160 e. The van der Waals surface area contributed by atoms with Crippen molar-refractivity contribution in [2.45, 2.75) is 19.8 Å². The van der Waals surface area contributed by atoms with Crippen LogP contribution in [0.5, 0.6) is 11.5 Å². The standard InChI is InChI=1S/C12H16O2/c1-4-5-9(2)10-6-7-12(14-3)11(13)8-10/h4-9,13H,1-3H3. The minimum Gasteiger partial charge on any atom is -0.504 e. The first-order chi connectivity index (χ1) is 6.69. The van der Waals surface area contributed by atoms with Crippen LogP contribution < -0.4 is 4.74 Å². The summed E-state index contributed by atoms with van der Waals surface area (Å²) in [5.41, 5.74) is 1.08. The summed E-state index contributed by atoms with van der Waals surface area (Å²) >= 11 is 0. The number of phenolic OH excluding ortho intramolecular Hbond substituents is 1. The Kier molecular flexibility index (Phi) is 3.57. The van der Waals surface area contributed by atoms with Crippen LogP contribution in [0.2, 0.25) is 0 Å². The number of phenols is 1. The van der Waals surface area contributed by atoms with Gasteiger partial charge in [0.05, 0.1) is 7.11 Å². The van der Waals surface area contributed by atoms with Crippen LogP contribution in [0.25, 0.3) is 0 Å². The third-order valence-corrected chi connectivity index (χ3v) is 2.21. The molecule has 0 aliphatic rings. The molecular weight excluding hydrogens is 176 g/mol. The van der Waals surface area contributed by atoms with Gasteiger partial charge < -0.3 is 9.84 Å². The molecule has 1 unspecified atom stereocenters. The molecule has 1 N–H and O–H groups in total. The minimum absolute atomic E-state index is 0.196. The van der Waals surface area contributed by atoms with Gasteiger partial charge in [0.1, 0.15) is 0 Å². The monoisotopic (exact) mass is 192 g/mol. The maximum absolute atomic E-state index is 9.56. The van der Waals surface area contributed by atoms with Gasteiger partial charge in [0.25, 0.3) is 0 Å². The smallest absolute Gasteiger partial charge is 0.160 e. The van der Waals surface area contributed by atoms with Crippen molar-refractivity contribution in [1.82, 2.24) is 0 Å². The number of ether oxygens (including phenoxy) is 1. The van der Waals surface area contributed by atoms with Gasteiger partial charge in [-0.15, -0.1) is 0 Å². The van der Waals surface area contributed by atoms with E-state index in [-0.39, 0.29) is 5.75 Å². The van der Waals surface area contributed by atoms with Crippen molar-refractivity contribution in [1.29, 1.82) is 0 Å². The molecule has 0 bridgehead atoms. The predicted molar refractivity (Wildman–Crippen MR) is 57.9 cm³/mol. The zero-order chi connectivity index (χ0) is 10.6. The Morgan fingerprint density at radius 3 is 2.64 bits per heavy atom. The molecule has 1 atom stereocenters. The second kappa shape index (κ2) is 4.70. The number of aromatic hydroxyl groups is 1. The highest BCUT2D eigenvalue weighted by Gasteiger charge is 2.05. The molecule has 0 fully saturated rings. The molecule has 0 spiro atoms. The molecule has 0 aliphatic carbocycles. The van der Waals surface area contributed by atoms with Gasteiger partial charge in [-0.1, -0.05) is 25.1 Å². The van der Waals surface area contributed by atoms with Gasteiger partial charge >= 0.3 is 0 Å². The SMILES string of the molecule is CC=CC(C)c1ccc(OC)c(O)c1. The van der Waals surface area contributed by atoms with Gasteiger partial charge in [-0.25, -0.2) is 0 Å². The molecule has 14 heavy (non-hydrogen) atoms. The molecule has 1 aromatic carbocycles. The fraction of sp³-hybridized carbons (Fsp3) is 0.333.